The van der Waals surface area contributed by atoms with Crippen molar-refractivity contribution >= 4 is 28.8 Å². The van der Waals surface area contributed by atoms with Crippen molar-refractivity contribution in [1.82, 2.24) is 5.32 Å². The first-order valence-corrected chi connectivity index (χ1v) is 8.30. The molecule has 2 heterocycles. The van der Waals surface area contributed by atoms with E-state index in [0.29, 0.717) is 22.1 Å². The Balaban J connectivity index is 1.62. The molecule has 118 valence electrons. The molecule has 23 heavy (non-hydrogen) atoms. The van der Waals surface area contributed by atoms with Crippen molar-refractivity contribution in [2.75, 3.05) is 6.54 Å². The van der Waals surface area contributed by atoms with E-state index in [4.69, 9.17) is 16.0 Å². The molecule has 3 rings (SSSR count). The van der Waals surface area contributed by atoms with E-state index in [1.807, 2.05) is 16.8 Å². The van der Waals surface area contributed by atoms with Crippen LogP contribution in [0, 0.1) is 0 Å². The SMILES string of the molecule is O=C(NC[C@@H](O)c1ccc(-c2ccsc2)o1)c1ccccc1Cl. The van der Waals surface area contributed by atoms with Crippen molar-refractivity contribution in [1.29, 1.82) is 0 Å². The molecule has 0 radical (unpaired) electrons. The number of hydrogen-bond acceptors (Lipinski definition) is 4. The Kier molecular flexibility index (Phi) is 4.81. The smallest absolute Gasteiger partial charge is 0.252 e. The first-order valence-electron chi connectivity index (χ1n) is 6.98. The van der Waals surface area contributed by atoms with E-state index in [2.05, 4.69) is 5.32 Å². The van der Waals surface area contributed by atoms with Gasteiger partial charge < -0.3 is 14.8 Å². The summed E-state index contributed by atoms with van der Waals surface area (Å²) >= 11 is 7.54. The van der Waals surface area contributed by atoms with Crippen molar-refractivity contribution in [2.24, 2.45) is 0 Å². The van der Waals surface area contributed by atoms with Crippen LogP contribution < -0.4 is 5.32 Å². The average Bonchev–Trinajstić information content (AvgIpc) is 3.23. The lowest BCUT2D eigenvalue weighted by Gasteiger charge is -2.10. The number of furan rings is 1. The van der Waals surface area contributed by atoms with Gasteiger partial charge in [0.15, 0.2) is 0 Å². The monoisotopic (exact) mass is 347 g/mol. The number of carbonyl (C=O) groups is 1. The zero-order valence-corrected chi connectivity index (χ0v) is 13.6. The molecule has 1 atom stereocenters. The highest BCUT2D eigenvalue weighted by Gasteiger charge is 2.16. The lowest BCUT2D eigenvalue weighted by Crippen LogP contribution is -2.28. The topological polar surface area (TPSA) is 62.5 Å². The Morgan fingerprint density at radius 2 is 2.09 bits per heavy atom. The highest BCUT2D eigenvalue weighted by atomic mass is 35.5. The second kappa shape index (κ2) is 7.00. The molecule has 0 aliphatic rings. The van der Waals surface area contributed by atoms with Gasteiger partial charge >= 0.3 is 0 Å². The summed E-state index contributed by atoms with van der Waals surface area (Å²) < 4.78 is 5.63. The molecule has 6 heteroatoms. The normalized spacial score (nSPS) is 12.1. The van der Waals surface area contributed by atoms with Crippen molar-refractivity contribution in [3.8, 4) is 11.3 Å². The molecular formula is C17H14ClNO3S. The Morgan fingerprint density at radius 3 is 2.83 bits per heavy atom. The molecule has 0 unspecified atom stereocenters. The van der Waals surface area contributed by atoms with Crippen LogP contribution in [0.2, 0.25) is 5.02 Å². The van der Waals surface area contributed by atoms with E-state index in [0.717, 1.165) is 5.56 Å². The summed E-state index contributed by atoms with van der Waals surface area (Å²) in [4.78, 5) is 12.1. The van der Waals surface area contributed by atoms with Gasteiger partial charge in [-0.05, 0) is 35.7 Å². The molecule has 0 aliphatic carbocycles. The molecule has 0 spiro atoms. The molecule has 2 aromatic heterocycles. The van der Waals surface area contributed by atoms with Gasteiger partial charge in [-0.2, -0.15) is 11.3 Å². The number of thiophene rings is 1. The van der Waals surface area contributed by atoms with Gasteiger partial charge in [-0.3, -0.25) is 4.79 Å². The maximum Gasteiger partial charge on any atom is 0.252 e. The fraction of sp³-hybridized carbons (Fsp3) is 0.118. The summed E-state index contributed by atoms with van der Waals surface area (Å²) in [5.74, 6) is 0.766. The second-order valence-corrected chi connectivity index (χ2v) is 6.11. The number of benzene rings is 1. The molecular weight excluding hydrogens is 334 g/mol. The lowest BCUT2D eigenvalue weighted by atomic mass is 10.2. The van der Waals surface area contributed by atoms with Crippen LogP contribution in [-0.4, -0.2) is 17.6 Å². The molecule has 4 nitrogen and oxygen atoms in total. The lowest BCUT2D eigenvalue weighted by molar-refractivity contribution is 0.0902. The van der Waals surface area contributed by atoms with E-state index >= 15 is 0 Å². The molecule has 0 bridgehead atoms. The van der Waals surface area contributed by atoms with E-state index in [9.17, 15) is 9.90 Å². The number of nitrogens with one attached hydrogen (secondary N) is 1. The number of carbonyl (C=O) groups excluding carboxylic acids is 1. The maximum absolute atomic E-state index is 12.1. The first kappa shape index (κ1) is 15.8. The number of rotatable bonds is 5. The van der Waals surface area contributed by atoms with Crippen molar-refractivity contribution in [3.05, 3.63) is 69.6 Å². The molecule has 3 aromatic rings. The Bertz CT molecular complexity index is 798. The maximum atomic E-state index is 12.1. The summed E-state index contributed by atoms with van der Waals surface area (Å²) in [7, 11) is 0. The number of halogens is 1. The largest absolute Gasteiger partial charge is 0.458 e. The predicted molar refractivity (Wildman–Crippen MR) is 90.8 cm³/mol. The fourth-order valence-corrected chi connectivity index (χ4v) is 2.99. The molecule has 0 fully saturated rings. The van der Waals surface area contributed by atoms with Crippen LogP contribution >= 0.6 is 22.9 Å². The number of aliphatic hydroxyl groups excluding tert-OH is 1. The minimum atomic E-state index is -0.922. The first-order chi connectivity index (χ1) is 11.1. The minimum absolute atomic E-state index is 0.0423. The van der Waals surface area contributed by atoms with Crippen molar-refractivity contribution in [3.63, 3.8) is 0 Å². The van der Waals surface area contributed by atoms with Gasteiger partial charge in [0.2, 0.25) is 0 Å². The van der Waals surface area contributed by atoms with Crippen LogP contribution in [-0.2, 0) is 0 Å². The van der Waals surface area contributed by atoms with Crippen molar-refractivity contribution in [2.45, 2.75) is 6.10 Å². The standard InChI is InChI=1S/C17H14ClNO3S/c18-13-4-2-1-3-12(13)17(21)19-9-14(20)16-6-5-15(22-16)11-7-8-23-10-11/h1-8,10,14,20H,9H2,(H,19,21)/t14-/m1/s1. The summed E-state index contributed by atoms with van der Waals surface area (Å²) in [6.45, 7) is 0.0423. The molecule has 1 amide bonds. The third kappa shape index (κ3) is 3.64. The highest BCUT2D eigenvalue weighted by Crippen LogP contribution is 2.26. The van der Waals surface area contributed by atoms with E-state index in [1.54, 1.807) is 47.7 Å². The molecule has 0 saturated carbocycles. The summed E-state index contributed by atoms with van der Waals surface area (Å²) in [6, 6.07) is 12.2. The third-order valence-electron chi connectivity index (χ3n) is 3.34. The summed E-state index contributed by atoms with van der Waals surface area (Å²) in [5.41, 5.74) is 1.34. The van der Waals surface area contributed by atoms with E-state index in [-0.39, 0.29) is 12.5 Å². The Labute approximate surface area is 142 Å². The van der Waals surface area contributed by atoms with Crippen molar-refractivity contribution < 1.29 is 14.3 Å². The molecule has 1 aromatic carbocycles. The highest BCUT2D eigenvalue weighted by molar-refractivity contribution is 7.08. The van der Waals surface area contributed by atoms with Crippen LogP contribution in [0.4, 0.5) is 0 Å². The third-order valence-corrected chi connectivity index (χ3v) is 4.35. The number of aliphatic hydroxyl groups is 1. The fourth-order valence-electron chi connectivity index (χ4n) is 2.12. The van der Waals surface area contributed by atoms with Gasteiger partial charge in [-0.25, -0.2) is 0 Å². The van der Waals surface area contributed by atoms with Crippen LogP contribution in [0.25, 0.3) is 11.3 Å². The van der Waals surface area contributed by atoms with Gasteiger partial charge in [-0.15, -0.1) is 0 Å². The zero-order chi connectivity index (χ0) is 16.2. The van der Waals surface area contributed by atoms with Crippen LogP contribution in [0.5, 0.6) is 0 Å². The van der Waals surface area contributed by atoms with Gasteiger partial charge in [0.25, 0.3) is 5.91 Å². The molecule has 2 N–H and O–H groups in total. The second-order valence-electron chi connectivity index (χ2n) is 4.92. The quantitative estimate of drug-likeness (QED) is 0.729. The van der Waals surface area contributed by atoms with Gasteiger partial charge in [0.05, 0.1) is 17.1 Å². The van der Waals surface area contributed by atoms with Gasteiger partial charge in [0, 0.05) is 10.9 Å². The average molecular weight is 348 g/mol. The number of amides is 1. The number of hydrogen-bond donors (Lipinski definition) is 2. The van der Waals surface area contributed by atoms with Crippen LogP contribution in [0.1, 0.15) is 22.2 Å². The molecule has 0 saturated heterocycles. The van der Waals surface area contributed by atoms with Gasteiger partial charge in [0.1, 0.15) is 17.6 Å². The Hall–Kier alpha value is -2.08. The van der Waals surface area contributed by atoms with Crippen LogP contribution in [0.3, 0.4) is 0 Å². The van der Waals surface area contributed by atoms with E-state index in [1.165, 1.54) is 0 Å². The molecule has 0 aliphatic heterocycles. The zero-order valence-electron chi connectivity index (χ0n) is 12.0. The summed E-state index contributed by atoms with van der Waals surface area (Å²) in [5, 5.41) is 17.1. The Morgan fingerprint density at radius 1 is 1.26 bits per heavy atom. The van der Waals surface area contributed by atoms with E-state index < -0.39 is 6.10 Å². The predicted octanol–water partition coefficient (Wildman–Crippen LogP) is 4.12. The van der Waals surface area contributed by atoms with Crippen LogP contribution in [0.15, 0.2) is 57.6 Å². The summed E-state index contributed by atoms with van der Waals surface area (Å²) in [6.07, 6.45) is -0.922. The minimum Gasteiger partial charge on any atom is -0.458 e. The van der Waals surface area contributed by atoms with Gasteiger partial charge in [-0.1, -0.05) is 23.7 Å².